The minimum absolute atomic E-state index is 0.324. The van der Waals surface area contributed by atoms with E-state index >= 15 is 0 Å². The van der Waals surface area contributed by atoms with Gasteiger partial charge >= 0.3 is 0 Å². The van der Waals surface area contributed by atoms with Crippen molar-refractivity contribution in [2.24, 2.45) is 12.5 Å². The van der Waals surface area contributed by atoms with Gasteiger partial charge in [-0.2, -0.15) is 0 Å². The molecule has 0 atom stereocenters. The molecule has 2 nitrogen and oxygen atoms in total. The van der Waals surface area contributed by atoms with Gasteiger partial charge in [0.2, 0.25) is 0 Å². The van der Waals surface area contributed by atoms with Crippen molar-refractivity contribution in [2.45, 2.75) is 27.2 Å². The molecule has 0 aliphatic heterocycles. The summed E-state index contributed by atoms with van der Waals surface area (Å²) < 4.78 is 2.11. The maximum absolute atomic E-state index is 4.39. The van der Waals surface area contributed by atoms with Crippen molar-refractivity contribution >= 4 is 11.0 Å². The van der Waals surface area contributed by atoms with Crippen molar-refractivity contribution in [1.29, 1.82) is 0 Å². The maximum atomic E-state index is 4.39. The Kier molecular flexibility index (Phi) is 2.29. The van der Waals surface area contributed by atoms with Gasteiger partial charge in [0.1, 0.15) is 5.65 Å². The summed E-state index contributed by atoms with van der Waals surface area (Å²) in [6.07, 6.45) is 5.14. The summed E-state index contributed by atoms with van der Waals surface area (Å²) in [7, 11) is 2.06. The first-order valence-electron chi connectivity index (χ1n) is 5.36. The average Bonchev–Trinajstić information content (AvgIpc) is 2.42. The number of hydrogen-bond acceptors (Lipinski definition) is 1. The van der Waals surface area contributed by atoms with Crippen molar-refractivity contribution in [3.8, 4) is 0 Å². The molecule has 2 heteroatoms. The van der Waals surface area contributed by atoms with Crippen LogP contribution in [-0.4, -0.2) is 9.55 Å². The number of nitrogens with zero attached hydrogens (tertiary/aromatic N) is 2. The second-order valence-electron chi connectivity index (χ2n) is 5.38. The van der Waals surface area contributed by atoms with Gasteiger partial charge in [-0.05, 0) is 29.5 Å². The lowest BCUT2D eigenvalue weighted by Gasteiger charge is -2.17. The summed E-state index contributed by atoms with van der Waals surface area (Å²) in [5.74, 6) is 0. The average molecular weight is 202 g/mol. The molecule has 80 valence electrons. The fourth-order valence-electron chi connectivity index (χ4n) is 2.01. The van der Waals surface area contributed by atoms with Crippen LogP contribution in [0.5, 0.6) is 0 Å². The highest BCUT2D eigenvalue weighted by atomic mass is 15.0. The number of aryl methyl sites for hydroxylation is 1. The van der Waals surface area contributed by atoms with Crippen LogP contribution in [0.4, 0.5) is 0 Å². The molecule has 0 bridgehead atoms. The number of rotatable bonds is 1. The lowest BCUT2D eigenvalue weighted by molar-refractivity contribution is 0.412. The van der Waals surface area contributed by atoms with E-state index in [1.54, 1.807) is 0 Å². The minimum atomic E-state index is 0.324. The van der Waals surface area contributed by atoms with E-state index in [0.717, 1.165) is 12.1 Å². The van der Waals surface area contributed by atoms with Crippen LogP contribution in [0.15, 0.2) is 24.5 Å². The SMILES string of the molecule is Cn1cc(CC(C)(C)C)c2cccnc21. The van der Waals surface area contributed by atoms with Gasteiger partial charge in [-0.1, -0.05) is 20.8 Å². The van der Waals surface area contributed by atoms with Crippen molar-refractivity contribution in [3.63, 3.8) is 0 Å². The molecule has 0 saturated carbocycles. The molecule has 0 aliphatic rings. The van der Waals surface area contributed by atoms with Crippen LogP contribution in [0, 0.1) is 5.41 Å². The second kappa shape index (κ2) is 3.37. The van der Waals surface area contributed by atoms with E-state index in [4.69, 9.17) is 0 Å². The van der Waals surface area contributed by atoms with Crippen LogP contribution in [0.1, 0.15) is 26.3 Å². The van der Waals surface area contributed by atoms with E-state index in [9.17, 15) is 0 Å². The second-order valence-corrected chi connectivity index (χ2v) is 5.38. The molecule has 0 radical (unpaired) electrons. The maximum Gasteiger partial charge on any atom is 0.139 e. The van der Waals surface area contributed by atoms with Crippen LogP contribution in [0.3, 0.4) is 0 Å². The van der Waals surface area contributed by atoms with Crippen LogP contribution < -0.4 is 0 Å². The molecule has 0 aliphatic carbocycles. The molecule has 0 amide bonds. The zero-order valence-corrected chi connectivity index (χ0v) is 9.91. The number of hydrogen-bond donors (Lipinski definition) is 0. The summed E-state index contributed by atoms with van der Waals surface area (Å²) in [5.41, 5.74) is 2.80. The van der Waals surface area contributed by atoms with Crippen LogP contribution in [0.2, 0.25) is 0 Å². The first kappa shape index (κ1) is 10.2. The van der Waals surface area contributed by atoms with Crippen LogP contribution >= 0.6 is 0 Å². The highest BCUT2D eigenvalue weighted by Crippen LogP contribution is 2.26. The summed E-state index contributed by atoms with van der Waals surface area (Å²) in [5, 5.41) is 1.29. The van der Waals surface area contributed by atoms with Crippen molar-refractivity contribution in [1.82, 2.24) is 9.55 Å². The summed E-state index contributed by atoms with van der Waals surface area (Å²) in [6, 6.07) is 4.16. The number of fused-ring (bicyclic) bond motifs is 1. The Bertz CT molecular complexity index is 475. The molecule has 0 unspecified atom stereocenters. The highest BCUT2D eigenvalue weighted by molar-refractivity contribution is 5.80. The predicted molar refractivity (Wildman–Crippen MR) is 63.9 cm³/mol. The third-order valence-corrected chi connectivity index (χ3v) is 2.54. The molecular formula is C13H18N2. The Morgan fingerprint density at radius 3 is 2.73 bits per heavy atom. The van der Waals surface area contributed by atoms with Crippen LogP contribution in [-0.2, 0) is 13.5 Å². The van der Waals surface area contributed by atoms with Gasteiger partial charge in [-0.3, -0.25) is 0 Å². The van der Waals surface area contributed by atoms with E-state index in [1.807, 2.05) is 12.3 Å². The largest absolute Gasteiger partial charge is 0.335 e. The summed E-state index contributed by atoms with van der Waals surface area (Å²) >= 11 is 0. The molecule has 2 rings (SSSR count). The quantitative estimate of drug-likeness (QED) is 0.694. The number of pyridine rings is 1. The van der Waals surface area contributed by atoms with E-state index in [-0.39, 0.29) is 0 Å². The third-order valence-electron chi connectivity index (χ3n) is 2.54. The Balaban J connectivity index is 2.53. The normalized spacial score (nSPS) is 12.3. The van der Waals surface area contributed by atoms with Crippen LogP contribution in [0.25, 0.3) is 11.0 Å². The molecule has 0 saturated heterocycles. The van der Waals surface area contributed by atoms with Gasteiger partial charge in [-0.25, -0.2) is 4.98 Å². The van der Waals surface area contributed by atoms with E-state index in [1.165, 1.54) is 10.9 Å². The summed E-state index contributed by atoms with van der Waals surface area (Å²) in [6.45, 7) is 6.80. The Morgan fingerprint density at radius 2 is 2.07 bits per heavy atom. The van der Waals surface area contributed by atoms with Gasteiger partial charge in [0, 0.05) is 24.8 Å². The standard InChI is InChI=1S/C13H18N2/c1-13(2,3)8-10-9-15(4)12-11(10)6-5-7-14-12/h5-7,9H,8H2,1-4H3. The van der Waals surface area contributed by atoms with Gasteiger partial charge < -0.3 is 4.57 Å². The fourth-order valence-corrected chi connectivity index (χ4v) is 2.01. The van der Waals surface area contributed by atoms with E-state index < -0.39 is 0 Å². The van der Waals surface area contributed by atoms with Crippen molar-refractivity contribution in [2.75, 3.05) is 0 Å². The summed E-state index contributed by atoms with van der Waals surface area (Å²) in [4.78, 5) is 4.39. The van der Waals surface area contributed by atoms with Crippen molar-refractivity contribution < 1.29 is 0 Å². The minimum Gasteiger partial charge on any atom is -0.335 e. The van der Waals surface area contributed by atoms with E-state index in [0.29, 0.717) is 5.41 Å². The smallest absolute Gasteiger partial charge is 0.139 e. The van der Waals surface area contributed by atoms with Gasteiger partial charge in [0.05, 0.1) is 0 Å². The monoisotopic (exact) mass is 202 g/mol. The predicted octanol–water partition coefficient (Wildman–Crippen LogP) is 3.16. The van der Waals surface area contributed by atoms with E-state index in [2.05, 4.69) is 49.6 Å². The molecule has 0 N–H and O–H groups in total. The van der Waals surface area contributed by atoms with Gasteiger partial charge in [0.25, 0.3) is 0 Å². The Hall–Kier alpha value is -1.31. The Labute approximate surface area is 90.9 Å². The fraction of sp³-hybridized carbons (Fsp3) is 0.462. The Morgan fingerprint density at radius 1 is 1.33 bits per heavy atom. The molecule has 0 spiro atoms. The zero-order chi connectivity index (χ0) is 11.1. The molecule has 0 aromatic carbocycles. The molecule has 2 aromatic rings. The molecular weight excluding hydrogens is 184 g/mol. The molecule has 0 fully saturated rings. The lowest BCUT2D eigenvalue weighted by atomic mass is 9.88. The number of aromatic nitrogens is 2. The molecule has 2 heterocycles. The van der Waals surface area contributed by atoms with Crippen molar-refractivity contribution in [3.05, 3.63) is 30.1 Å². The molecule has 15 heavy (non-hydrogen) atoms. The molecule has 2 aromatic heterocycles. The lowest BCUT2D eigenvalue weighted by Crippen LogP contribution is -2.08. The van der Waals surface area contributed by atoms with Gasteiger partial charge in [-0.15, -0.1) is 0 Å². The first-order valence-corrected chi connectivity index (χ1v) is 5.36. The highest BCUT2D eigenvalue weighted by Gasteiger charge is 2.15. The topological polar surface area (TPSA) is 17.8 Å². The third kappa shape index (κ3) is 2.04. The first-order chi connectivity index (χ1) is 6.97. The van der Waals surface area contributed by atoms with Gasteiger partial charge in [0.15, 0.2) is 0 Å². The zero-order valence-electron chi connectivity index (χ0n) is 9.91.